The minimum absolute atomic E-state index is 0.623. The third-order valence-electron chi connectivity index (χ3n) is 2.68. The van der Waals surface area contributed by atoms with Crippen LogP contribution >= 0.6 is 0 Å². The SMILES string of the molecule is Nc1cnc(CCCCc2ccccc2)nc1. The highest BCUT2D eigenvalue weighted by atomic mass is 14.9. The molecule has 88 valence electrons. The van der Waals surface area contributed by atoms with Crippen LogP contribution < -0.4 is 5.73 Å². The summed E-state index contributed by atoms with van der Waals surface area (Å²) in [5.41, 5.74) is 7.55. The highest BCUT2D eigenvalue weighted by molar-refractivity contribution is 5.30. The summed E-state index contributed by atoms with van der Waals surface area (Å²) < 4.78 is 0. The van der Waals surface area contributed by atoms with E-state index in [1.54, 1.807) is 12.4 Å². The summed E-state index contributed by atoms with van der Waals surface area (Å²) in [6, 6.07) is 10.5. The summed E-state index contributed by atoms with van der Waals surface area (Å²) in [5.74, 6) is 0.882. The molecule has 17 heavy (non-hydrogen) atoms. The fourth-order valence-corrected chi connectivity index (χ4v) is 1.75. The molecule has 0 aliphatic rings. The minimum atomic E-state index is 0.623. The van der Waals surface area contributed by atoms with Crippen LogP contribution in [0.25, 0.3) is 0 Å². The summed E-state index contributed by atoms with van der Waals surface area (Å²) in [6.45, 7) is 0. The van der Waals surface area contributed by atoms with Gasteiger partial charge in [-0.1, -0.05) is 30.3 Å². The van der Waals surface area contributed by atoms with Crippen LogP contribution in [0.3, 0.4) is 0 Å². The van der Waals surface area contributed by atoms with Gasteiger partial charge in [0.1, 0.15) is 5.82 Å². The Morgan fingerprint density at radius 1 is 0.882 bits per heavy atom. The summed E-state index contributed by atoms with van der Waals surface area (Å²) in [7, 11) is 0. The first-order valence-electron chi connectivity index (χ1n) is 5.95. The van der Waals surface area contributed by atoms with Gasteiger partial charge in [0.05, 0.1) is 18.1 Å². The molecule has 0 amide bonds. The Bertz CT molecular complexity index is 437. The minimum Gasteiger partial charge on any atom is -0.396 e. The molecule has 2 N–H and O–H groups in total. The molecule has 0 aliphatic carbocycles. The first-order valence-corrected chi connectivity index (χ1v) is 5.95. The molecule has 1 heterocycles. The van der Waals surface area contributed by atoms with E-state index < -0.39 is 0 Å². The fourth-order valence-electron chi connectivity index (χ4n) is 1.75. The second-order valence-corrected chi connectivity index (χ2v) is 4.13. The molecule has 0 bridgehead atoms. The Labute approximate surface area is 102 Å². The molecule has 0 fully saturated rings. The average molecular weight is 227 g/mol. The van der Waals surface area contributed by atoms with Gasteiger partial charge < -0.3 is 5.73 Å². The third-order valence-corrected chi connectivity index (χ3v) is 2.68. The Kier molecular flexibility index (Phi) is 4.08. The number of rotatable bonds is 5. The maximum atomic E-state index is 5.53. The first-order chi connectivity index (χ1) is 8.34. The molecule has 3 nitrogen and oxygen atoms in total. The van der Waals surface area contributed by atoms with E-state index in [4.69, 9.17) is 5.73 Å². The van der Waals surface area contributed by atoms with Crippen LogP contribution in [0.1, 0.15) is 24.2 Å². The fraction of sp³-hybridized carbons (Fsp3) is 0.286. The summed E-state index contributed by atoms with van der Waals surface area (Å²) in [4.78, 5) is 8.37. The number of aryl methyl sites for hydroxylation is 2. The van der Waals surface area contributed by atoms with Crippen molar-refractivity contribution in [3.63, 3.8) is 0 Å². The van der Waals surface area contributed by atoms with E-state index in [2.05, 4.69) is 34.2 Å². The summed E-state index contributed by atoms with van der Waals surface area (Å²) >= 11 is 0. The predicted molar refractivity (Wildman–Crippen MR) is 69.5 cm³/mol. The van der Waals surface area contributed by atoms with Crippen molar-refractivity contribution in [3.05, 3.63) is 54.1 Å². The van der Waals surface area contributed by atoms with Crippen molar-refractivity contribution in [3.8, 4) is 0 Å². The zero-order chi connectivity index (χ0) is 11.9. The lowest BCUT2D eigenvalue weighted by Crippen LogP contribution is -1.97. The van der Waals surface area contributed by atoms with Crippen molar-refractivity contribution in [2.45, 2.75) is 25.7 Å². The molecule has 0 aliphatic heterocycles. The van der Waals surface area contributed by atoms with Gasteiger partial charge in [0, 0.05) is 6.42 Å². The molecular weight excluding hydrogens is 210 g/mol. The van der Waals surface area contributed by atoms with E-state index in [0.717, 1.165) is 31.5 Å². The zero-order valence-corrected chi connectivity index (χ0v) is 9.84. The van der Waals surface area contributed by atoms with Crippen molar-refractivity contribution in [2.24, 2.45) is 0 Å². The number of unbranched alkanes of at least 4 members (excludes halogenated alkanes) is 1. The van der Waals surface area contributed by atoms with Gasteiger partial charge in [0.2, 0.25) is 0 Å². The van der Waals surface area contributed by atoms with Gasteiger partial charge in [-0.25, -0.2) is 9.97 Å². The maximum Gasteiger partial charge on any atom is 0.128 e. The lowest BCUT2D eigenvalue weighted by Gasteiger charge is -2.01. The van der Waals surface area contributed by atoms with Gasteiger partial charge in [0.15, 0.2) is 0 Å². The van der Waals surface area contributed by atoms with E-state index in [9.17, 15) is 0 Å². The smallest absolute Gasteiger partial charge is 0.128 e. The number of benzene rings is 1. The Hall–Kier alpha value is -1.90. The lowest BCUT2D eigenvalue weighted by molar-refractivity contribution is 0.707. The van der Waals surface area contributed by atoms with Crippen LogP contribution in [0.4, 0.5) is 5.69 Å². The quantitative estimate of drug-likeness (QED) is 0.799. The van der Waals surface area contributed by atoms with Gasteiger partial charge in [-0.15, -0.1) is 0 Å². The average Bonchev–Trinajstić information content (AvgIpc) is 2.38. The highest BCUT2D eigenvalue weighted by Gasteiger charge is 1.97. The van der Waals surface area contributed by atoms with Gasteiger partial charge in [-0.05, 0) is 24.8 Å². The van der Waals surface area contributed by atoms with Gasteiger partial charge >= 0.3 is 0 Å². The van der Waals surface area contributed by atoms with Crippen LogP contribution in [-0.4, -0.2) is 9.97 Å². The molecule has 0 spiro atoms. The van der Waals surface area contributed by atoms with E-state index in [-0.39, 0.29) is 0 Å². The number of aromatic nitrogens is 2. The number of nitrogens with zero attached hydrogens (tertiary/aromatic N) is 2. The molecule has 0 unspecified atom stereocenters. The van der Waals surface area contributed by atoms with Crippen molar-refractivity contribution < 1.29 is 0 Å². The molecule has 3 heteroatoms. The topological polar surface area (TPSA) is 51.8 Å². The zero-order valence-electron chi connectivity index (χ0n) is 9.84. The normalized spacial score (nSPS) is 10.4. The molecule has 2 aromatic rings. The molecule has 0 atom stereocenters. The Morgan fingerprint density at radius 3 is 2.24 bits per heavy atom. The Balaban J connectivity index is 1.71. The third kappa shape index (κ3) is 3.87. The number of nitrogens with two attached hydrogens (primary N) is 1. The van der Waals surface area contributed by atoms with E-state index in [0.29, 0.717) is 5.69 Å². The number of hydrogen-bond donors (Lipinski definition) is 1. The molecule has 0 saturated heterocycles. The van der Waals surface area contributed by atoms with Crippen LogP contribution in [0, 0.1) is 0 Å². The van der Waals surface area contributed by atoms with Crippen LogP contribution in [0.2, 0.25) is 0 Å². The van der Waals surface area contributed by atoms with E-state index in [1.165, 1.54) is 5.56 Å². The molecular formula is C14H17N3. The molecule has 2 rings (SSSR count). The number of anilines is 1. The van der Waals surface area contributed by atoms with Crippen LogP contribution in [0.5, 0.6) is 0 Å². The van der Waals surface area contributed by atoms with Crippen LogP contribution in [0.15, 0.2) is 42.7 Å². The standard InChI is InChI=1S/C14H17N3/c15-13-10-16-14(17-11-13)9-5-4-8-12-6-2-1-3-7-12/h1-3,6-7,10-11H,4-5,8-9,15H2. The van der Waals surface area contributed by atoms with Gasteiger partial charge in [0.25, 0.3) is 0 Å². The van der Waals surface area contributed by atoms with E-state index in [1.807, 2.05) is 6.07 Å². The van der Waals surface area contributed by atoms with E-state index >= 15 is 0 Å². The second-order valence-electron chi connectivity index (χ2n) is 4.13. The predicted octanol–water partition coefficient (Wildman–Crippen LogP) is 2.62. The monoisotopic (exact) mass is 227 g/mol. The van der Waals surface area contributed by atoms with Crippen molar-refractivity contribution in [1.29, 1.82) is 0 Å². The first kappa shape index (κ1) is 11.6. The largest absolute Gasteiger partial charge is 0.396 e. The summed E-state index contributed by atoms with van der Waals surface area (Å²) in [5, 5.41) is 0. The van der Waals surface area contributed by atoms with Crippen molar-refractivity contribution in [1.82, 2.24) is 9.97 Å². The molecule has 1 aromatic heterocycles. The second kappa shape index (κ2) is 5.99. The highest BCUT2D eigenvalue weighted by Crippen LogP contribution is 2.07. The maximum absolute atomic E-state index is 5.53. The van der Waals surface area contributed by atoms with Crippen molar-refractivity contribution in [2.75, 3.05) is 5.73 Å². The lowest BCUT2D eigenvalue weighted by atomic mass is 10.1. The summed E-state index contributed by atoms with van der Waals surface area (Å²) in [6.07, 6.45) is 7.65. The number of nitrogen functional groups attached to an aromatic ring is 1. The molecule has 0 radical (unpaired) electrons. The molecule has 1 aromatic carbocycles. The molecule has 0 saturated carbocycles. The van der Waals surface area contributed by atoms with Gasteiger partial charge in [-0.2, -0.15) is 0 Å². The Morgan fingerprint density at radius 2 is 1.53 bits per heavy atom. The number of hydrogen-bond acceptors (Lipinski definition) is 3. The van der Waals surface area contributed by atoms with Crippen molar-refractivity contribution >= 4 is 5.69 Å². The van der Waals surface area contributed by atoms with Gasteiger partial charge in [-0.3, -0.25) is 0 Å². The van der Waals surface area contributed by atoms with Crippen LogP contribution in [-0.2, 0) is 12.8 Å².